The van der Waals surface area contributed by atoms with Gasteiger partial charge in [-0.15, -0.1) is 0 Å². The number of benzene rings is 2. The quantitative estimate of drug-likeness (QED) is 0.877. The minimum Gasteiger partial charge on any atom is -0.324 e. The van der Waals surface area contributed by atoms with Crippen molar-refractivity contribution < 1.29 is 8.78 Å². The molecule has 2 N–H and O–H groups in total. The highest BCUT2D eigenvalue weighted by Crippen LogP contribution is 2.19. The summed E-state index contributed by atoms with van der Waals surface area (Å²) in [6, 6.07) is 13.3. The molecule has 0 heterocycles. The van der Waals surface area contributed by atoms with Crippen molar-refractivity contribution in [2.75, 3.05) is 0 Å². The van der Waals surface area contributed by atoms with Crippen molar-refractivity contribution in [2.45, 2.75) is 18.9 Å². The van der Waals surface area contributed by atoms with E-state index in [1.807, 2.05) is 30.3 Å². The van der Waals surface area contributed by atoms with E-state index in [0.29, 0.717) is 12.8 Å². The molecule has 2 aromatic carbocycles. The molecule has 2 aromatic rings. The maximum Gasteiger partial charge on any atom is 0.129 e. The molecule has 2 rings (SSSR count). The van der Waals surface area contributed by atoms with Crippen LogP contribution in [0.4, 0.5) is 8.78 Å². The molecule has 1 unspecified atom stereocenters. The van der Waals surface area contributed by atoms with Gasteiger partial charge < -0.3 is 5.73 Å². The zero-order valence-electron chi connectivity index (χ0n) is 9.94. The van der Waals surface area contributed by atoms with Gasteiger partial charge in [-0.3, -0.25) is 0 Å². The number of rotatable bonds is 4. The van der Waals surface area contributed by atoms with Gasteiger partial charge in [0.15, 0.2) is 0 Å². The predicted molar refractivity (Wildman–Crippen MR) is 68.0 cm³/mol. The van der Waals surface area contributed by atoms with E-state index < -0.39 is 11.6 Å². The van der Waals surface area contributed by atoms with Gasteiger partial charge in [0, 0.05) is 11.6 Å². The molecule has 0 bridgehead atoms. The van der Waals surface area contributed by atoms with Gasteiger partial charge in [0.05, 0.1) is 0 Å². The highest BCUT2D eigenvalue weighted by molar-refractivity contribution is 5.22. The van der Waals surface area contributed by atoms with E-state index in [0.717, 1.165) is 5.56 Å². The summed E-state index contributed by atoms with van der Waals surface area (Å²) >= 11 is 0. The SMILES string of the molecule is NC(CCc1c(F)cccc1F)c1ccccc1. The Balaban J connectivity index is 2.04. The molecule has 0 aromatic heterocycles. The standard InChI is InChI=1S/C15H15F2N/c16-13-7-4-8-14(17)12(13)9-10-15(18)11-5-2-1-3-6-11/h1-8,15H,9-10,18H2. The van der Waals surface area contributed by atoms with Gasteiger partial charge >= 0.3 is 0 Å². The Bertz CT molecular complexity index is 491. The number of hydrogen-bond acceptors (Lipinski definition) is 1. The lowest BCUT2D eigenvalue weighted by atomic mass is 9.99. The van der Waals surface area contributed by atoms with Gasteiger partial charge in [-0.25, -0.2) is 8.78 Å². The minimum absolute atomic E-state index is 0.115. The smallest absolute Gasteiger partial charge is 0.129 e. The third-order valence-electron chi connectivity index (χ3n) is 2.99. The second-order valence-corrected chi connectivity index (χ2v) is 4.26. The first-order valence-electron chi connectivity index (χ1n) is 5.92. The van der Waals surface area contributed by atoms with E-state index in [-0.39, 0.29) is 11.6 Å². The first-order valence-corrected chi connectivity index (χ1v) is 5.92. The van der Waals surface area contributed by atoms with Crippen LogP contribution in [-0.2, 0) is 6.42 Å². The highest BCUT2D eigenvalue weighted by atomic mass is 19.1. The van der Waals surface area contributed by atoms with Crippen LogP contribution in [0, 0.1) is 11.6 Å². The molecule has 1 nitrogen and oxygen atoms in total. The Hall–Kier alpha value is -1.74. The van der Waals surface area contributed by atoms with E-state index >= 15 is 0 Å². The van der Waals surface area contributed by atoms with Crippen molar-refractivity contribution in [3.63, 3.8) is 0 Å². The zero-order valence-corrected chi connectivity index (χ0v) is 9.94. The summed E-state index contributed by atoms with van der Waals surface area (Å²) in [6.07, 6.45) is 0.816. The molecular formula is C15H15F2N. The Labute approximate surface area is 105 Å². The van der Waals surface area contributed by atoms with Crippen LogP contribution >= 0.6 is 0 Å². The first kappa shape index (κ1) is 12.7. The topological polar surface area (TPSA) is 26.0 Å². The molecule has 0 aliphatic carbocycles. The zero-order chi connectivity index (χ0) is 13.0. The van der Waals surface area contributed by atoms with Gasteiger partial charge in [0.2, 0.25) is 0 Å². The summed E-state index contributed by atoms with van der Waals surface area (Å²) in [4.78, 5) is 0. The Morgan fingerprint density at radius 3 is 2.11 bits per heavy atom. The molecule has 0 spiro atoms. The summed E-state index contributed by atoms with van der Waals surface area (Å²) in [7, 11) is 0. The van der Waals surface area contributed by atoms with Crippen LogP contribution in [0.25, 0.3) is 0 Å². The minimum atomic E-state index is -0.504. The molecule has 18 heavy (non-hydrogen) atoms. The van der Waals surface area contributed by atoms with Crippen LogP contribution in [-0.4, -0.2) is 0 Å². The van der Waals surface area contributed by atoms with Crippen molar-refractivity contribution in [1.29, 1.82) is 0 Å². The molecule has 1 atom stereocenters. The Kier molecular flexibility index (Phi) is 4.05. The second kappa shape index (κ2) is 5.74. The van der Waals surface area contributed by atoms with E-state index in [2.05, 4.69) is 0 Å². The lowest BCUT2D eigenvalue weighted by Crippen LogP contribution is -2.12. The predicted octanol–water partition coefficient (Wildman–Crippen LogP) is 3.60. The second-order valence-electron chi connectivity index (χ2n) is 4.26. The number of halogens is 2. The molecule has 0 saturated carbocycles. The van der Waals surface area contributed by atoms with E-state index in [9.17, 15) is 8.78 Å². The fourth-order valence-corrected chi connectivity index (χ4v) is 1.94. The van der Waals surface area contributed by atoms with E-state index in [1.165, 1.54) is 18.2 Å². The molecule has 0 aliphatic heterocycles. The van der Waals surface area contributed by atoms with Crippen LogP contribution in [0.15, 0.2) is 48.5 Å². The first-order chi connectivity index (χ1) is 8.68. The van der Waals surface area contributed by atoms with Crippen molar-refractivity contribution in [3.8, 4) is 0 Å². The molecular weight excluding hydrogens is 232 g/mol. The van der Waals surface area contributed by atoms with Gasteiger partial charge in [-0.1, -0.05) is 36.4 Å². The normalized spacial score (nSPS) is 12.4. The van der Waals surface area contributed by atoms with E-state index in [4.69, 9.17) is 5.73 Å². The fourth-order valence-electron chi connectivity index (χ4n) is 1.94. The van der Waals surface area contributed by atoms with Gasteiger partial charge in [-0.05, 0) is 30.5 Å². The lowest BCUT2D eigenvalue weighted by Gasteiger charge is -2.12. The fraction of sp³-hybridized carbons (Fsp3) is 0.200. The van der Waals surface area contributed by atoms with Crippen molar-refractivity contribution in [3.05, 3.63) is 71.3 Å². The summed E-state index contributed by atoms with van der Waals surface area (Å²) in [5.74, 6) is -1.01. The average molecular weight is 247 g/mol. The highest BCUT2D eigenvalue weighted by Gasteiger charge is 2.11. The molecule has 3 heteroatoms. The summed E-state index contributed by atoms with van der Waals surface area (Å²) in [5.41, 5.74) is 7.09. The van der Waals surface area contributed by atoms with E-state index in [1.54, 1.807) is 0 Å². The molecule has 0 aliphatic rings. The Morgan fingerprint density at radius 1 is 0.889 bits per heavy atom. The number of nitrogens with two attached hydrogens (primary N) is 1. The maximum absolute atomic E-state index is 13.4. The molecule has 0 fully saturated rings. The molecule has 0 amide bonds. The number of hydrogen-bond donors (Lipinski definition) is 1. The maximum atomic E-state index is 13.4. The third-order valence-corrected chi connectivity index (χ3v) is 2.99. The van der Waals surface area contributed by atoms with Crippen LogP contribution in [0.5, 0.6) is 0 Å². The van der Waals surface area contributed by atoms with Crippen molar-refractivity contribution in [2.24, 2.45) is 5.73 Å². The molecule has 94 valence electrons. The largest absolute Gasteiger partial charge is 0.324 e. The van der Waals surface area contributed by atoms with Crippen LogP contribution < -0.4 is 5.73 Å². The van der Waals surface area contributed by atoms with Crippen LogP contribution in [0.1, 0.15) is 23.6 Å². The average Bonchev–Trinajstić information content (AvgIpc) is 2.39. The van der Waals surface area contributed by atoms with Crippen molar-refractivity contribution in [1.82, 2.24) is 0 Å². The molecule has 0 radical (unpaired) electrons. The summed E-state index contributed by atoms with van der Waals surface area (Å²) in [5, 5.41) is 0. The third kappa shape index (κ3) is 2.93. The van der Waals surface area contributed by atoms with Gasteiger partial charge in [0.25, 0.3) is 0 Å². The van der Waals surface area contributed by atoms with Crippen molar-refractivity contribution >= 4 is 0 Å². The summed E-state index contributed by atoms with van der Waals surface area (Å²) in [6.45, 7) is 0. The van der Waals surface area contributed by atoms with Crippen LogP contribution in [0.2, 0.25) is 0 Å². The monoisotopic (exact) mass is 247 g/mol. The van der Waals surface area contributed by atoms with Gasteiger partial charge in [-0.2, -0.15) is 0 Å². The lowest BCUT2D eigenvalue weighted by molar-refractivity contribution is 0.538. The Morgan fingerprint density at radius 2 is 1.50 bits per heavy atom. The molecule has 0 saturated heterocycles. The summed E-state index contributed by atoms with van der Waals surface area (Å²) < 4.78 is 26.8. The van der Waals surface area contributed by atoms with Crippen LogP contribution in [0.3, 0.4) is 0 Å². The van der Waals surface area contributed by atoms with Gasteiger partial charge in [0.1, 0.15) is 11.6 Å².